The number of aliphatic imine (C=N–C) groups is 1. The third-order valence-electron chi connectivity index (χ3n) is 11.1. The first-order chi connectivity index (χ1) is 32.1. The van der Waals surface area contributed by atoms with E-state index < -0.39 is 87.5 Å². The second kappa shape index (κ2) is 25.8. The summed E-state index contributed by atoms with van der Waals surface area (Å²) in [4.78, 5) is 99.2. The molecule has 5 amide bonds. The summed E-state index contributed by atoms with van der Waals surface area (Å²) < 4.78 is 44.1. The quantitative estimate of drug-likeness (QED) is 0.0345. The SMILES string of the molecule is Cc1ccc(S(=O)(=O)NC(N)=NCCC[C@@H](NC(=O)OC(C)(C)C)C(=O)N2CCC[C@H]2C(=O)N[C@H](C)C(=O)N[C@@H](CCC(=O)OC2CCCCC2)C(=O)N[C@H](C)C(=O)OCc2ccccc2)cc1. The zero-order valence-electron chi connectivity index (χ0n) is 39.8. The van der Waals surface area contributed by atoms with E-state index in [0.717, 1.165) is 43.2 Å². The van der Waals surface area contributed by atoms with Crippen LogP contribution >= 0.6 is 0 Å². The molecule has 21 heteroatoms. The molecule has 0 bridgehead atoms. The van der Waals surface area contributed by atoms with Crippen LogP contribution in [0.2, 0.25) is 0 Å². The van der Waals surface area contributed by atoms with Crippen LogP contribution in [0, 0.1) is 6.92 Å². The summed E-state index contributed by atoms with van der Waals surface area (Å²) in [5, 5.41) is 10.4. The molecule has 2 aromatic rings. The van der Waals surface area contributed by atoms with Gasteiger partial charge in [-0.3, -0.25) is 29.0 Å². The number of guanidine groups is 1. The second-order valence-electron chi connectivity index (χ2n) is 18.1. The molecule has 0 unspecified atom stereocenters. The summed E-state index contributed by atoms with van der Waals surface area (Å²) in [5.41, 5.74) is 6.60. The number of rotatable bonds is 21. The predicted octanol–water partition coefficient (Wildman–Crippen LogP) is 3.15. The van der Waals surface area contributed by atoms with Crippen LogP contribution < -0.4 is 31.7 Å². The maximum Gasteiger partial charge on any atom is 0.408 e. The number of hydrogen-bond acceptors (Lipinski definition) is 13. The molecule has 68 heavy (non-hydrogen) atoms. The fourth-order valence-corrected chi connectivity index (χ4v) is 8.46. The van der Waals surface area contributed by atoms with Gasteiger partial charge in [0, 0.05) is 19.5 Å². The maximum atomic E-state index is 14.1. The third-order valence-corrected chi connectivity index (χ3v) is 12.5. The number of aryl methyl sites for hydroxylation is 1. The van der Waals surface area contributed by atoms with Gasteiger partial charge in [0.25, 0.3) is 10.0 Å². The fourth-order valence-electron chi connectivity index (χ4n) is 7.51. The van der Waals surface area contributed by atoms with Crippen molar-refractivity contribution < 1.29 is 56.2 Å². The molecule has 1 aliphatic heterocycles. The summed E-state index contributed by atoms with van der Waals surface area (Å²) in [6.07, 6.45) is 3.75. The van der Waals surface area contributed by atoms with Crippen LogP contribution in [0.3, 0.4) is 0 Å². The number of esters is 2. The lowest BCUT2D eigenvalue weighted by atomic mass is 9.98. The average molecular weight is 969 g/mol. The lowest BCUT2D eigenvalue weighted by Crippen LogP contribution is -2.58. The van der Waals surface area contributed by atoms with E-state index in [9.17, 15) is 42.0 Å². The summed E-state index contributed by atoms with van der Waals surface area (Å²) in [6.45, 7) is 9.70. The number of nitrogens with one attached hydrogen (secondary N) is 5. The molecule has 2 fully saturated rings. The first kappa shape index (κ1) is 54.4. The summed E-state index contributed by atoms with van der Waals surface area (Å²) in [7, 11) is -4.01. The Hall–Kier alpha value is -6.25. The van der Waals surface area contributed by atoms with Crippen LogP contribution in [-0.2, 0) is 59.6 Å². The summed E-state index contributed by atoms with van der Waals surface area (Å²) >= 11 is 0. The highest BCUT2D eigenvalue weighted by molar-refractivity contribution is 7.90. The van der Waals surface area contributed by atoms with E-state index in [1.165, 1.54) is 30.9 Å². The Balaban J connectivity index is 1.39. The number of likely N-dealkylation sites (tertiary alicyclic amines) is 1. The van der Waals surface area contributed by atoms with Gasteiger partial charge in [0.15, 0.2) is 0 Å². The van der Waals surface area contributed by atoms with E-state index >= 15 is 0 Å². The van der Waals surface area contributed by atoms with Gasteiger partial charge in [-0.15, -0.1) is 0 Å². The molecule has 20 nitrogen and oxygen atoms in total. The number of hydrogen-bond donors (Lipinski definition) is 6. The van der Waals surface area contributed by atoms with Crippen molar-refractivity contribution in [3.63, 3.8) is 0 Å². The van der Waals surface area contributed by atoms with Crippen molar-refractivity contribution in [1.29, 1.82) is 0 Å². The van der Waals surface area contributed by atoms with E-state index in [1.54, 1.807) is 57.2 Å². The van der Waals surface area contributed by atoms with E-state index in [1.807, 2.05) is 13.0 Å². The zero-order chi connectivity index (χ0) is 50.0. The fraction of sp³-hybridized carbons (Fsp3) is 0.574. The highest BCUT2D eigenvalue weighted by Crippen LogP contribution is 2.22. The third kappa shape index (κ3) is 18.1. The Morgan fingerprint density at radius 2 is 1.49 bits per heavy atom. The normalized spacial score (nSPS) is 17.4. The first-order valence-corrected chi connectivity index (χ1v) is 24.6. The molecule has 2 aliphatic rings. The number of nitrogens with two attached hydrogens (primary N) is 1. The van der Waals surface area contributed by atoms with E-state index in [4.69, 9.17) is 19.9 Å². The summed E-state index contributed by atoms with van der Waals surface area (Å²) in [5.74, 6) is -4.44. The van der Waals surface area contributed by atoms with Crippen molar-refractivity contribution >= 4 is 57.6 Å². The first-order valence-electron chi connectivity index (χ1n) is 23.1. The number of carbonyl (C=O) groups excluding carboxylic acids is 7. The largest absolute Gasteiger partial charge is 0.462 e. The molecule has 1 saturated heterocycles. The highest BCUT2D eigenvalue weighted by atomic mass is 32.2. The molecule has 0 radical (unpaired) electrons. The minimum atomic E-state index is -4.01. The molecule has 7 N–H and O–H groups in total. The molecule has 4 rings (SSSR count). The van der Waals surface area contributed by atoms with Gasteiger partial charge in [-0.05, 0) is 117 Å². The molecule has 2 aromatic carbocycles. The van der Waals surface area contributed by atoms with Crippen molar-refractivity contribution in [3.8, 4) is 0 Å². The second-order valence-corrected chi connectivity index (χ2v) is 19.8. The molecule has 1 saturated carbocycles. The Morgan fingerprint density at radius 3 is 2.15 bits per heavy atom. The number of alkyl carbamates (subject to hydrolysis) is 1. The number of amides is 5. The van der Waals surface area contributed by atoms with Crippen LogP contribution in [0.15, 0.2) is 64.5 Å². The van der Waals surface area contributed by atoms with Gasteiger partial charge in [-0.25, -0.2) is 22.7 Å². The van der Waals surface area contributed by atoms with Gasteiger partial charge in [0.05, 0.1) is 4.90 Å². The number of sulfonamides is 1. The molecule has 0 spiro atoms. The van der Waals surface area contributed by atoms with Gasteiger partial charge < -0.3 is 46.1 Å². The van der Waals surface area contributed by atoms with Crippen LogP contribution in [0.25, 0.3) is 0 Å². The Kier molecular flexibility index (Phi) is 20.6. The van der Waals surface area contributed by atoms with Crippen LogP contribution in [0.5, 0.6) is 0 Å². The number of nitrogens with zero attached hydrogens (tertiary/aromatic N) is 2. The maximum absolute atomic E-state index is 14.1. The van der Waals surface area contributed by atoms with Crippen molar-refractivity contribution in [2.75, 3.05) is 13.1 Å². The van der Waals surface area contributed by atoms with Crippen LogP contribution in [-0.4, -0.2) is 116 Å². The highest BCUT2D eigenvalue weighted by Gasteiger charge is 2.39. The van der Waals surface area contributed by atoms with Crippen LogP contribution in [0.4, 0.5) is 4.79 Å². The molecule has 0 aromatic heterocycles. The minimum absolute atomic E-state index is 0.00420. The molecule has 374 valence electrons. The smallest absolute Gasteiger partial charge is 0.408 e. The minimum Gasteiger partial charge on any atom is -0.462 e. The molecular weight excluding hydrogens is 901 g/mol. The van der Waals surface area contributed by atoms with Crippen molar-refractivity contribution in [2.45, 2.75) is 166 Å². The standard InChI is InChI=1S/C47H68N8O12S/c1-30-21-23-35(24-22-30)68(63,64)54-45(48)49-27-13-19-37(53-46(62)67-47(4,5)6)43(60)55-28-14-20-38(55)42(59)50-31(2)40(57)52-36(25-26-39(56)66-34-17-11-8-12-18-34)41(58)51-32(3)44(61)65-29-33-15-9-7-10-16-33/h7,9-10,15-16,21-24,31-32,34,36-38H,8,11-14,17-20,25-29H2,1-6H3,(H,50,59)(H,51,58)(H,52,57)(H,53,62)(H3,48,49,54)/t31-,32-,36+,37-,38+/m1/s1. The van der Waals surface area contributed by atoms with Gasteiger partial charge >= 0.3 is 18.0 Å². The van der Waals surface area contributed by atoms with E-state index in [2.05, 4.69) is 31.0 Å². The summed E-state index contributed by atoms with van der Waals surface area (Å²) in [6, 6.07) is 9.20. The number of benzene rings is 2. The average Bonchev–Trinajstić information content (AvgIpc) is 3.78. The van der Waals surface area contributed by atoms with Gasteiger partial charge in [0.2, 0.25) is 29.6 Å². The van der Waals surface area contributed by atoms with Crippen molar-refractivity contribution in [3.05, 3.63) is 65.7 Å². The van der Waals surface area contributed by atoms with E-state index in [0.29, 0.717) is 6.42 Å². The molecule has 5 atom stereocenters. The number of ether oxygens (including phenoxy) is 3. The van der Waals surface area contributed by atoms with Gasteiger partial charge in [0.1, 0.15) is 48.5 Å². The zero-order valence-corrected chi connectivity index (χ0v) is 40.7. The molecule has 1 aliphatic carbocycles. The molecule has 1 heterocycles. The van der Waals surface area contributed by atoms with E-state index in [-0.39, 0.29) is 68.8 Å². The van der Waals surface area contributed by atoms with Crippen LogP contribution in [0.1, 0.15) is 116 Å². The van der Waals surface area contributed by atoms with Gasteiger partial charge in [-0.1, -0.05) is 54.4 Å². The van der Waals surface area contributed by atoms with Crippen molar-refractivity contribution in [2.24, 2.45) is 10.7 Å². The Labute approximate surface area is 398 Å². The molecular formula is C47H68N8O12S. The Morgan fingerprint density at radius 1 is 0.809 bits per heavy atom. The number of carbonyl (C=O) groups is 7. The topological polar surface area (TPSA) is 283 Å². The van der Waals surface area contributed by atoms with Gasteiger partial charge in [-0.2, -0.15) is 0 Å². The lowest BCUT2D eigenvalue weighted by Gasteiger charge is -2.30. The lowest BCUT2D eigenvalue weighted by molar-refractivity contribution is -0.151. The predicted molar refractivity (Wildman–Crippen MR) is 251 cm³/mol. The van der Waals surface area contributed by atoms with Crippen molar-refractivity contribution in [1.82, 2.24) is 30.9 Å². The Bertz CT molecular complexity index is 2200. The monoisotopic (exact) mass is 968 g/mol.